The molecule has 2 unspecified atom stereocenters. The van der Waals surface area contributed by atoms with Crippen molar-refractivity contribution < 1.29 is 14.3 Å². The monoisotopic (exact) mass is 473 g/mol. The number of halogens is 1. The lowest BCUT2D eigenvalue weighted by Crippen LogP contribution is -2.35. The maximum absolute atomic E-state index is 12.9. The lowest BCUT2D eigenvalue weighted by atomic mass is 9.81. The normalized spacial score (nSPS) is 27.1. The fourth-order valence-corrected chi connectivity index (χ4v) is 3.78. The second kappa shape index (κ2) is 11.3. The molecule has 5 heteroatoms. The first-order valence-corrected chi connectivity index (χ1v) is 11.3. The number of carbonyl (C=O) groups excluding carboxylic acids is 2. The zero-order chi connectivity index (χ0) is 22.0. The summed E-state index contributed by atoms with van der Waals surface area (Å²) in [4.78, 5) is 25.0. The van der Waals surface area contributed by atoms with Crippen LogP contribution in [0.5, 0.6) is 0 Å². The van der Waals surface area contributed by atoms with Crippen LogP contribution in [0.2, 0.25) is 0 Å². The average Bonchev–Trinajstić information content (AvgIpc) is 2.73. The summed E-state index contributed by atoms with van der Waals surface area (Å²) in [5.41, 5.74) is -0.371. The number of hydrogen-bond acceptors (Lipinski definition) is 3. The van der Waals surface area contributed by atoms with Crippen molar-refractivity contribution >= 4 is 27.8 Å². The Hall–Kier alpha value is -2.14. The molecule has 0 saturated carbocycles. The highest BCUT2D eigenvalue weighted by Gasteiger charge is 2.32. The molecule has 0 heterocycles. The number of carbonyl (C=O) groups is 2. The minimum absolute atomic E-state index is 0.0604. The standard InChI is InChI=1S/C25H32BrNO3/c1-4-5-7-12-22(28)27-19-24(2)15-16-25(3,14-13-21(26)17-24)23(29)30-18-20-10-8-6-9-11-20/h6,8-11,13-17H,4-5,7,12,18-19H2,1-3H3,(H,27,28)/b14-13-,16-15-,21-17+. The van der Waals surface area contributed by atoms with Gasteiger partial charge in [-0.15, -0.1) is 0 Å². The lowest BCUT2D eigenvalue weighted by Gasteiger charge is -2.28. The highest BCUT2D eigenvalue weighted by atomic mass is 79.9. The molecule has 0 fully saturated rings. The Bertz CT molecular complexity index is 815. The molecular formula is C25H32BrNO3. The molecule has 0 bridgehead atoms. The second-order valence-corrected chi connectivity index (χ2v) is 9.20. The number of rotatable bonds is 9. The average molecular weight is 474 g/mol. The molecule has 0 saturated heterocycles. The summed E-state index contributed by atoms with van der Waals surface area (Å²) < 4.78 is 6.44. The first kappa shape index (κ1) is 24.1. The van der Waals surface area contributed by atoms with Crippen LogP contribution in [0.1, 0.15) is 52.0 Å². The number of benzene rings is 1. The quantitative estimate of drug-likeness (QED) is 0.278. The zero-order valence-corrected chi connectivity index (χ0v) is 19.7. The number of ether oxygens (including phenoxy) is 1. The Balaban J connectivity index is 2.06. The maximum atomic E-state index is 12.9. The number of unbranched alkanes of at least 4 members (excludes halogenated alkanes) is 2. The van der Waals surface area contributed by atoms with Gasteiger partial charge in [0.15, 0.2) is 0 Å². The molecule has 0 aliphatic heterocycles. The van der Waals surface area contributed by atoms with Crippen molar-refractivity contribution in [2.75, 3.05) is 6.54 Å². The fraction of sp³-hybridized carbons (Fsp3) is 0.440. The third-order valence-electron chi connectivity index (χ3n) is 5.19. The molecule has 0 aromatic heterocycles. The van der Waals surface area contributed by atoms with E-state index in [1.807, 2.05) is 74.6 Å². The van der Waals surface area contributed by atoms with Crippen LogP contribution in [0.4, 0.5) is 0 Å². The van der Waals surface area contributed by atoms with E-state index in [4.69, 9.17) is 4.74 Å². The summed E-state index contributed by atoms with van der Waals surface area (Å²) in [5.74, 6) is -0.253. The van der Waals surface area contributed by atoms with Crippen molar-refractivity contribution in [2.24, 2.45) is 10.8 Å². The van der Waals surface area contributed by atoms with Crippen LogP contribution < -0.4 is 5.32 Å². The van der Waals surface area contributed by atoms with Gasteiger partial charge >= 0.3 is 5.97 Å². The largest absolute Gasteiger partial charge is 0.460 e. The van der Waals surface area contributed by atoms with Crippen LogP contribution in [0.25, 0.3) is 0 Å². The van der Waals surface area contributed by atoms with Gasteiger partial charge in [0, 0.05) is 22.9 Å². The molecule has 0 spiro atoms. The molecule has 1 aliphatic rings. The first-order chi connectivity index (χ1) is 14.3. The van der Waals surface area contributed by atoms with Gasteiger partial charge in [-0.25, -0.2) is 0 Å². The molecule has 1 aromatic carbocycles. The molecular weight excluding hydrogens is 442 g/mol. The van der Waals surface area contributed by atoms with Gasteiger partial charge in [-0.3, -0.25) is 9.59 Å². The van der Waals surface area contributed by atoms with Gasteiger partial charge in [0.2, 0.25) is 5.91 Å². The summed E-state index contributed by atoms with van der Waals surface area (Å²) in [6.45, 7) is 6.69. The smallest absolute Gasteiger partial charge is 0.319 e. The summed E-state index contributed by atoms with van der Waals surface area (Å²) in [7, 11) is 0. The van der Waals surface area contributed by atoms with E-state index in [2.05, 4.69) is 28.2 Å². The van der Waals surface area contributed by atoms with E-state index in [1.165, 1.54) is 0 Å². The Kier molecular flexibility index (Phi) is 9.09. The van der Waals surface area contributed by atoms with Crippen molar-refractivity contribution in [3.63, 3.8) is 0 Å². The minimum Gasteiger partial charge on any atom is -0.460 e. The minimum atomic E-state index is -0.894. The predicted octanol–water partition coefficient (Wildman–Crippen LogP) is 5.84. The van der Waals surface area contributed by atoms with Gasteiger partial charge in [0.05, 0.1) is 0 Å². The van der Waals surface area contributed by atoms with Gasteiger partial charge in [-0.2, -0.15) is 0 Å². The van der Waals surface area contributed by atoms with E-state index in [-0.39, 0.29) is 18.5 Å². The van der Waals surface area contributed by atoms with E-state index in [0.717, 1.165) is 29.3 Å². The molecule has 0 radical (unpaired) electrons. The van der Waals surface area contributed by atoms with Gasteiger partial charge in [0.25, 0.3) is 0 Å². The predicted molar refractivity (Wildman–Crippen MR) is 125 cm³/mol. The molecule has 1 N–H and O–H groups in total. The van der Waals surface area contributed by atoms with Crippen LogP contribution in [0, 0.1) is 10.8 Å². The Morgan fingerprint density at radius 3 is 2.50 bits per heavy atom. The van der Waals surface area contributed by atoms with E-state index < -0.39 is 10.8 Å². The Morgan fingerprint density at radius 1 is 1.07 bits per heavy atom. The summed E-state index contributed by atoms with van der Waals surface area (Å²) in [5, 5.41) is 3.03. The topological polar surface area (TPSA) is 55.4 Å². The van der Waals surface area contributed by atoms with Crippen molar-refractivity contribution in [1.82, 2.24) is 5.32 Å². The molecule has 4 nitrogen and oxygen atoms in total. The molecule has 1 aliphatic carbocycles. The third-order valence-corrected chi connectivity index (χ3v) is 5.69. The van der Waals surface area contributed by atoms with Gasteiger partial charge in [0.1, 0.15) is 12.0 Å². The molecule has 1 aromatic rings. The number of allylic oxidation sites excluding steroid dienone is 2. The van der Waals surface area contributed by atoms with Gasteiger partial charge < -0.3 is 10.1 Å². The Labute approximate surface area is 188 Å². The van der Waals surface area contributed by atoms with Crippen LogP contribution >= 0.6 is 15.9 Å². The van der Waals surface area contributed by atoms with Crippen molar-refractivity contribution in [2.45, 2.75) is 53.1 Å². The SMILES string of the molecule is CCCCCC(=O)NCC1(C)/C=C\C(C)(C(=O)OCc2ccccc2)/C=C\C(Br)=C/1. The number of hydrogen-bond donors (Lipinski definition) is 1. The first-order valence-electron chi connectivity index (χ1n) is 10.5. The molecule has 2 rings (SSSR count). The van der Waals surface area contributed by atoms with Crippen molar-refractivity contribution in [3.8, 4) is 0 Å². The summed E-state index contributed by atoms with van der Waals surface area (Å²) >= 11 is 3.56. The highest BCUT2D eigenvalue weighted by molar-refractivity contribution is 9.11. The number of nitrogens with one attached hydrogen (secondary N) is 1. The van der Waals surface area contributed by atoms with E-state index in [9.17, 15) is 9.59 Å². The summed E-state index contributed by atoms with van der Waals surface area (Å²) in [6, 6.07) is 9.63. The third kappa shape index (κ3) is 7.60. The molecule has 1 amide bonds. The van der Waals surface area contributed by atoms with E-state index in [1.54, 1.807) is 0 Å². The van der Waals surface area contributed by atoms with Crippen LogP contribution in [0.3, 0.4) is 0 Å². The number of amides is 1. The van der Waals surface area contributed by atoms with Crippen molar-refractivity contribution in [1.29, 1.82) is 0 Å². The molecule has 2 atom stereocenters. The van der Waals surface area contributed by atoms with Crippen molar-refractivity contribution in [3.05, 3.63) is 70.8 Å². The van der Waals surface area contributed by atoms with Crippen LogP contribution in [-0.2, 0) is 20.9 Å². The second-order valence-electron chi connectivity index (χ2n) is 8.28. The highest BCUT2D eigenvalue weighted by Crippen LogP contribution is 2.33. The van der Waals surface area contributed by atoms with E-state index in [0.29, 0.717) is 13.0 Å². The molecule has 162 valence electrons. The van der Waals surface area contributed by atoms with Gasteiger partial charge in [-0.05, 0) is 18.9 Å². The lowest BCUT2D eigenvalue weighted by molar-refractivity contribution is -0.151. The number of esters is 1. The van der Waals surface area contributed by atoms with E-state index >= 15 is 0 Å². The van der Waals surface area contributed by atoms with Crippen LogP contribution in [0.15, 0.2) is 65.2 Å². The molecule has 30 heavy (non-hydrogen) atoms. The fourth-order valence-electron chi connectivity index (χ4n) is 3.12. The van der Waals surface area contributed by atoms with Gasteiger partial charge in [-0.1, -0.05) is 103 Å². The maximum Gasteiger partial charge on any atom is 0.319 e. The van der Waals surface area contributed by atoms with Crippen LogP contribution in [-0.4, -0.2) is 18.4 Å². The Morgan fingerprint density at radius 2 is 1.80 bits per heavy atom. The zero-order valence-electron chi connectivity index (χ0n) is 18.1. The summed E-state index contributed by atoms with van der Waals surface area (Å²) in [6.07, 6.45) is 13.2.